The number of nitro groups is 2. The van der Waals surface area contributed by atoms with Gasteiger partial charge in [-0.1, -0.05) is 37.0 Å². The van der Waals surface area contributed by atoms with Crippen LogP contribution in [0.1, 0.15) is 38.5 Å². The molecule has 0 saturated carbocycles. The fourth-order valence-corrected chi connectivity index (χ4v) is 5.39. The zero-order valence-corrected chi connectivity index (χ0v) is 18.3. The lowest BCUT2D eigenvalue weighted by Gasteiger charge is -2.41. The molecule has 0 radical (unpaired) electrons. The molecule has 0 aliphatic carbocycles. The van der Waals surface area contributed by atoms with Gasteiger partial charge in [0.1, 0.15) is 10.3 Å². The maximum absolute atomic E-state index is 12.8. The molecular formula is C20H24N4O7S. The average Bonchev–Trinajstić information content (AvgIpc) is 2.77. The Labute approximate surface area is 187 Å². The standard InChI is InChI=1S/C20H24N4O7S/c25-18-15-10-14(23(26)27)11-16(24(28)29)17(15)32-19(21-18)22-7-5-3-1-2-4-6-20(12-22)13-30-8-9-31-20/h10-11H,1-9,12-13H2. The van der Waals surface area contributed by atoms with Gasteiger partial charge in [-0.3, -0.25) is 25.0 Å². The Morgan fingerprint density at radius 1 is 1.06 bits per heavy atom. The highest BCUT2D eigenvalue weighted by atomic mass is 32.1. The minimum Gasteiger partial charge on any atom is -0.376 e. The van der Waals surface area contributed by atoms with Crippen LogP contribution in [0.15, 0.2) is 16.9 Å². The molecule has 11 nitrogen and oxygen atoms in total. The largest absolute Gasteiger partial charge is 0.376 e. The first-order chi connectivity index (χ1) is 15.4. The summed E-state index contributed by atoms with van der Waals surface area (Å²) in [6.07, 6.45) is 5.97. The highest BCUT2D eigenvalue weighted by molar-refractivity contribution is 7.22. The molecule has 2 aromatic rings. The SMILES string of the molecule is O=c1nc(N2CCCCCCCC3(COCCO3)C2)sc2c([N+](=O)[O-])cc([N+](=O)[O-])cc12. The number of hydrogen-bond acceptors (Lipinski definition) is 10. The van der Waals surface area contributed by atoms with Gasteiger partial charge in [-0.15, -0.1) is 0 Å². The van der Waals surface area contributed by atoms with E-state index in [2.05, 4.69) is 4.98 Å². The Kier molecular flexibility index (Phi) is 6.63. The highest BCUT2D eigenvalue weighted by Crippen LogP contribution is 2.36. The number of anilines is 1. The lowest BCUT2D eigenvalue weighted by Crippen LogP contribution is -2.52. The van der Waals surface area contributed by atoms with E-state index in [0.717, 1.165) is 62.0 Å². The minimum absolute atomic E-state index is 0.0857. The van der Waals surface area contributed by atoms with E-state index in [4.69, 9.17) is 9.47 Å². The van der Waals surface area contributed by atoms with Crippen LogP contribution in [0.3, 0.4) is 0 Å². The van der Waals surface area contributed by atoms with Gasteiger partial charge in [0.25, 0.3) is 16.9 Å². The second-order valence-electron chi connectivity index (χ2n) is 8.18. The smallest absolute Gasteiger partial charge is 0.294 e. The van der Waals surface area contributed by atoms with Crippen molar-refractivity contribution < 1.29 is 19.3 Å². The van der Waals surface area contributed by atoms with Crippen molar-refractivity contribution in [2.45, 2.75) is 44.1 Å². The number of rotatable bonds is 3. The van der Waals surface area contributed by atoms with Crippen molar-refractivity contribution >= 4 is 37.9 Å². The number of non-ortho nitro benzene ring substituents is 2. The van der Waals surface area contributed by atoms with E-state index >= 15 is 0 Å². The molecule has 1 aromatic heterocycles. The van der Waals surface area contributed by atoms with Gasteiger partial charge in [-0.2, -0.15) is 4.98 Å². The first-order valence-electron chi connectivity index (χ1n) is 10.6. The van der Waals surface area contributed by atoms with Crippen molar-refractivity contribution in [2.75, 3.05) is 37.8 Å². The van der Waals surface area contributed by atoms with Gasteiger partial charge >= 0.3 is 0 Å². The molecule has 3 heterocycles. The number of aromatic nitrogens is 1. The fourth-order valence-electron chi connectivity index (χ4n) is 4.30. The number of fused-ring (bicyclic) bond motifs is 1. The zero-order valence-electron chi connectivity index (χ0n) is 17.5. The molecule has 0 N–H and O–H groups in total. The molecule has 1 aromatic carbocycles. The summed E-state index contributed by atoms with van der Waals surface area (Å²) >= 11 is 1.01. The summed E-state index contributed by atoms with van der Waals surface area (Å²) in [4.78, 5) is 40.3. The second-order valence-corrected chi connectivity index (χ2v) is 9.16. The Morgan fingerprint density at radius 2 is 1.84 bits per heavy atom. The van der Waals surface area contributed by atoms with Crippen molar-refractivity contribution in [3.63, 3.8) is 0 Å². The van der Waals surface area contributed by atoms with Crippen LogP contribution < -0.4 is 10.5 Å². The van der Waals surface area contributed by atoms with E-state index in [9.17, 15) is 25.0 Å². The van der Waals surface area contributed by atoms with E-state index in [1.165, 1.54) is 0 Å². The molecular weight excluding hydrogens is 440 g/mol. The normalized spacial score (nSPS) is 22.7. The molecule has 1 unspecified atom stereocenters. The lowest BCUT2D eigenvalue weighted by molar-refractivity contribution is -0.392. The van der Waals surface area contributed by atoms with Crippen LogP contribution in [0.5, 0.6) is 0 Å². The van der Waals surface area contributed by atoms with E-state index in [0.29, 0.717) is 38.0 Å². The minimum atomic E-state index is -0.751. The topological polar surface area (TPSA) is 138 Å². The summed E-state index contributed by atoms with van der Waals surface area (Å²) in [6, 6.07) is 1.95. The molecule has 4 rings (SSSR count). The van der Waals surface area contributed by atoms with E-state index in [-0.39, 0.29) is 10.1 Å². The Hall–Kier alpha value is -2.70. The third-order valence-electron chi connectivity index (χ3n) is 5.89. The van der Waals surface area contributed by atoms with Crippen molar-refractivity contribution in [3.05, 3.63) is 42.7 Å². The molecule has 2 saturated heterocycles. The molecule has 2 aliphatic heterocycles. The van der Waals surface area contributed by atoms with Crippen LogP contribution in [-0.2, 0) is 9.47 Å². The third kappa shape index (κ3) is 4.71. The number of nitro benzene ring substituents is 2. The van der Waals surface area contributed by atoms with Gasteiger partial charge in [0.15, 0.2) is 5.13 Å². The Balaban J connectivity index is 1.79. The van der Waals surface area contributed by atoms with Crippen molar-refractivity contribution in [2.24, 2.45) is 0 Å². The summed E-state index contributed by atoms with van der Waals surface area (Å²) in [5, 5.41) is 23.0. The zero-order chi connectivity index (χ0) is 22.7. The van der Waals surface area contributed by atoms with Crippen LogP contribution in [0.25, 0.3) is 10.1 Å². The third-order valence-corrected chi connectivity index (χ3v) is 7.06. The molecule has 0 amide bonds. The number of nitrogens with zero attached hydrogens (tertiary/aromatic N) is 4. The molecule has 172 valence electrons. The summed E-state index contributed by atoms with van der Waals surface area (Å²) in [5.74, 6) is 0. The number of hydrogen-bond donors (Lipinski definition) is 0. The molecule has 2 fully saturated rings. The predicted molar refractivity (Wildman–Crippen MR) is 119 cm³/mol. The molecule has 12 heteroatoms. The molecule has 1 spiro atoms. The van der Waals surface area contributed by atoms with Gasteiger partial charge in [0, 0.05) is 12.6 Å². The molecule has 32 heavy (non-hydrogen) atoms. The van der Waals surface area contributed by atoms with E-state index in [1.807, 2.05) is 4.90 Å². The van der Waals surface area contributed by atoms with Crippen LogP contribution in [0.2, 0.25) is 0 Å². The van der Waals surface area contributed by atoms with E-state index in [1.54, 1.807) is 0 Å². The van der Waals surface area contributed by atoms with Crippen LogP contribution in [-0.4, -0.2) is 53.3 Å². The van der Waals surface area contributed by atoms with Gasteiger partial charge in [-0.05, 0) is 12.8 Å². The maximum Gasteiger partial charge on any atom is 0.294 e. The average molecular weight is 465 g/mol. The van der Waals surface area contributed by atoms with Gasteiger partial charge in [-0.25, -0.2) is 0 Å². The molecule has 1 atom stereocenters. The quantitative estimate of drug-likeness (QED) is 0.494. The first kappa shape index (κ1) is 22.5. The van der Waals surface area contributed by atoms with Gasteiger partial charge in [0.2, 0.25) is 0 Å². The second kappa shape index (κ2) is 9.43. The van der Waals surface area contributed by atoms with Crippen LogP contribution in [0, 0.1) is 20.2 Å². The lowest BCUT2D eigenvalue weighted by atomic mass is 9.93. The summed E-state index contributed by atoms with van der Waals surface area (Å²) in [7, 11) is 0. The monoisotopic (exact) mass is 464 g/mol. The highest BCUT2D eigenvalue weighted by Gasteiger charge is 2.37. The van der Waals surface area contributed by atoms with Crippen LogP contribution in [0.4, 0.5) is 16.5 Å². The summed E-state index contributed by atoms with van der Waals surface area (Å²) in [6.45, 7) is 2.56. The van der Waals surface area contributed by atoms with Crippen molar-refractivity contribution in [3.8, 4) is 0 Å². The number of ether oxygens (including phenoxy) is 2. The molecule has 2 aliphatic rings. The maximum atomic E-state index is 12.8. The summed E-state index contributed by atoms with van der Waals surface area (Å²) in [5.41, 5.74) is -2.21. The Morgan fingerprint density at radius 3 is 2.56 bits per heavy atom. The molecule has 0 bridgehead atoms. The van der Waals surface area contributed by atoms with Crippen molar-refractivity contribution in [1.29, 1.82) is 0 Å². The van der Waals surface area contributed by atoms with Crippen LogP contribution >= 0.6 is 11.3 Å². The first-order valence-corrected chi connectivity index (χ1v) is 11.4. The van der Waals surface area contributed by atoms with Gasteiger partial charge < -0.3 is 14.4 Å². The van der Waals surface area contributed by atoms with E-state index < -0.39 is 32.4 Å². The number of benzene rings is 1. The van der Waals surface area contributed by atoms with Crippen molar-refractivity contribution in [1.82, 2.24) is 4.98 Å². The fraction of sp³-hybridized carbons (Fsp3) is 0.600. The Bertz CT molecular complexity index is 1080. The predicted octanol–water partition coefficient (Wildman–Crippen LogP) is 3.42. The summed E-state index contributed by atoms with van der Waals surface area (Å²) < 4.78 is 12.0. The van der Waals surface area contributed by atoms with Gasteiger partial charge in [0.05, 0.1) is 47.7 Å².